The average Bonchev–Trinajstić information content (AvgIpc) is 3.44. The fourth-order valence-corrected chi connectivity index (χ4v) is 6.39. The second kappa shape index (κ2) is 14.2. The number of nitrogens with zero attached hydrogens (tertiary/aromatic N) is 5. The van der Waals surface area contributed by atoms with Crippen molar-refractivity contribution in [3.05, 3.63) is 64.6 Å². The Balaban J connectivity index is 1.03. The number of pyridine rings is 1. The summed E-state index contributed by atoms with van der Waals surface area (Å²) in [6.45, 7) is 8.16. The van der Waals surface area contributed by atoms with Crippen molar-refractivity contribution >= 4 is 23.3 Å². The molecule has 1 atom stereocenters. The van der Waals surface area contributed by atoms with Gasteiger partial charge in [0.25, 0.3) is 0 Å². The third-order valence-electron chi connectivity index (χ3n) is 9.22. The summed E-state index contributed by atoms with van der Waals surface area (Å²) in [5, 5.41) is 14.3. The zero-order valence-electron chi connectivity index (χ0n) is 26.6. The second-order valence-electron chi connectivity index (χ2n) is 12.7. The number of carbonyl (C=O) groups is 2. The van der Waals surface area contributed by atoms with Crippen molar-refractivity contribution in [2.75, 3.05) is 49.5 Å². The third-order valence-corrected chi connectivity index (χ3v) is 9.22. The number of ether oxygens (including phenoxy) is 1. The normalized spacial score (nSPS) is 17.7. The van der Waals surface area contributed by atoms with Gasteiger partial charge in [0.1, 0.15) is 18.2 Å². The molecule has 5 heterocycles. The predicted molar refractivity (Wildman–Crippen MR) is 170 cm³/mol. The lowest BCUT2D eigenvalue weighted by molar-refractivity contribution is -0.132. The van der Waals surface area contributed by atoms with Crippen LogP contribution < -0.4 is 15.0 Å². The summed E-state index contributed by atoms with van der Waals surface area (Å²) in [6, 6.07) is 7.02. The first-order valence-corrected chi connectivity index (χ1v) is 16.3. The number of benzene rings is 1. The van der Waals surface area contributed by atoms with Crippen LogP contribution in [0.5, 0.6) is 5.75 Å². The van der Waals surface area contributed by atoms with Gasteiger partial charge in [-0.25, -0.2) is 14.4 Å². The van der Waals surface area contributed by atoms with Crippen LogP contribution in [-0.4, -0.2) is 88.0 Å². The second-order valence-corrected chi connectivity index (χ2v) is 12.7. The number of hydrogen-bond acceptors (Lipinski definition) is 10. The van der Waals surface area contributed by atoms with Gasteiger partial charge in [0.05, 0.1) is 17.8 Å². The SMILES string of the molecule is CC(=O)N1CC(Nc2cc(C(=O)CC[C@H](O)CN3CCc4cc(OCc5ocnc5C)c(F)cc4C3)cc(N3CCCCC3)n2)C1. The van der Waals surface area contributed by atoms with E-state index in [9.17, 15) is 19.1 Å². The molecule has 2 N–H and O–H groups in total. The predicted octanol–water partition coefficient (Wildman–Crippen LogP) is 4.11. The summed E-state index contributed by atoms with van der Waals surface area (Å²) in [7, 11) is 0. The molecule has 0 aliphatic carbocycles. The molecule has 3 aliphatic rings. The number of halogens is 1. The number of hydrogen-bond donors (Lipinski definition) is 2. The minimum atomic E-state index is -0.698. The standard InChI is InChI=1S/C34H43FN6O5/c1-22-32(46-21-36-22)20-45-31-13-24-8-11-39(16-26(24)12-29(31)35)19-28(43)6-7-30(44)25-14-33(37-27-17-41(18-27)23(2)42)38-34(15-25)40-9-4-3-5-10-40/h12-15,21,27-28,43H,3-11,16-20H2,1-2H3,(H,37,38)/t28-/m0/s1. The fraction of sp³-hybridized carbons (Fsp3) is 0.529. The highest BCUT2D eigenvalue weighted by molar-refractivity contribution is 5.97. The molecule has 11 nitrogen and oxygen atoms in total. The lowest BCUT2D eigenvalue weighted by Gasteiger charge is -2.39. The number of β-amino-alcohol motifs (C(OH)–C–C–N with tert-alkyl or cyclic N) is 1. The van der Waals surface area contributed by atoms with Gasteiger partial charge in [-0.3, -0.25) is 14.5 Å². The molecule has 2 aromatic heterocycles. The average molecular weight is 635 g/mol. The van der Waals surface area contributed by atoms with E-state index < -0.39 is 11.9 Å². The van der Waals surface area contributed by atoms with Crippen molar-refractivity contribution in [1.29, 1.82) is 0 Å². The number of likely N-dealkylation sites (tertiary alicyclic amines) is 1. The highest BCUT2D eigenvalue weighted by Gasteiger charge is 2.29. The molecular formula is C34H43FN6O5. The van der Waals surface area contributed by atoms with Gasteiger partial charge in [-0.05, 0) is 74.4 Å². The molecule has 0 unspecified atom stereocenters. The maximum absolute atomic E-state index is 14.9. The van der Waals surface area contributed by atoms with Gasteiger partial charge in [0.15, 0.2) is 29.5 Å². The number of piperidine rings is 1. The number of Topliss-reactive ketones (excluding diaryl/α,β-unsaturated/α-hetero) is 1. The maximum atomic E-state index is 14.9. The molecule has 6 rings (SSSR count). The van der Waals surface area contributed by atoms with Gasteiger partial charge in [0.2, 0.25) is 5.91 Å². The Labute approximate surface area is 268 Å². The zero-order valence-corrected chi connectivity index (χ0v) is 26.6. The molecule has 0 radical (unpaired) electrons. The van der Waals surface area contributed by atoms with E-state index in [2.05, 4.69) is 20.1 Å². The lowest BCUT2D eigenvalue weighted by atomic mass is 9.98. The van der Waals surface area contributed by atoms with Crippen LogP contribution in [0.1, 0.15) is 72.0 Å². The molecule has 1 aromatic carbocycles. The van der Waals surface area contributed by atoms with Crippen LogP contribution in [0.15, 0.2) is 35.1 Å². The van der Waals surface area contributed by atoms with Crippen molar-refractivity contribution in [3.8, 4) is 5.75 Å². The molecule has 46 heavy (non-hydrogen) atoms. The van der Waals surface area contributed by atoms with E-state index >= 15 is 0 Å². The van der Waals surface area contributed by atoms with Gasteiger partial charge < -0.3 is 29.4 Å². The van der Waals surface area contributed by atoms with Crippen LogP contribution >= 0.6 is 0 Å². The molecule has 12 heteroatoms. The number of oxazole rings is 1. The molecule has 0 saturated carbocycles. The molecule has 0 spiro atoms. The first-order chi connectivity index (χ1) is 22.2. The number of ketones is 1. The van der Waals surface area contributed by atoms with Crippen LogP contribution in [0.2, 0.25) is 0 Å². The van der Waals surface area contributed by atoms with E-state index in [4.69, 9.17) is 14.1 Å². The lowest BCUT2D eigenvalue weighted by Crippen LogP contribution is -2.56. The number of carbonyl (C=O) groups excluding carboxylic acids is 2. The number of anilines is 2. The minimum Gasteiger partial charge on any atom is -0.482 e. The molecule has 1 amide bonds. The van der Waals surface area contributed by atoms with Crippen molar-refractivity contribution in [3.63, 3.8) is 0 Å². The van der Waals surface area contributed by atoms with Crippen molar-refractivity contribution in [1.82, 2.24) is 19.8 Å². The van der Waals surface area contributed by atoms with Gasteiger partial charge in [-0.1, -0.05) is 0 Å². The molecule has 246 valence electrons. The molecule has 2 fully saturated rings. The quantitative estimate of drug-likeness (QED) is 0.281. The summed E-state index contributed by atoms with van der Waals surface area (Å²) in [5.74, 6) is 1.75. The molecule has 3 aromatic rings. The van der Waals surface area contributed by atoms with E-state index in [0.29, 0.717) is 68.4 Å². The number of amides is 1. The van der Waals surface area contributed by atoms with Crippen molar-refractivity contribution < 1.29 is 28.2 Å². The smallest absolute Gasteiger partial charge is 0.219 e. The third kappa shape index (κ3) is 7.67. The number of aryl methyl sites for hydroxylation is 1. The summed E-state index contributed by atoms with van der Waals surface area (Å²) in [5.41, 5.74) is 3.18. The number of rotatable bonds is 12. The van der Waals surface area contributed by atoms with Crippen LogP contribution in [0.4, 0.5) is 16.0 Å². The van der Waals surface area contributed by atoms with Crippen LogP contribution in [-0.2, 0) is 24.4 Å². The van der Waals surface area contributed by atoms with Crippen LogP contribution in [0.3, 0.4) is 0 Å². The van der Waals surface area contributed by atoms with E-state index in [1.54, 1.807) is 24.0 Å². The fourth-order valence-electron chi connectivity index (χ4n) is 6.39. The summed E-state index contributed by atoms with van der Waals surface area (Å²) in [4.78, 5) is 40.0. The highest BCUT2D eigenvalue weighted by Crippen LogP contribution is 2.29. The van der Waals surface area contributed by atoms with Crippen molar-refractivity contribution in [2.45, 2.75) is 77.7 Å². The molecule has 2 saturated heterocycles. The number of aliphatic hydroxyl groups is 1. The monoisotopic (exact) mass is 634 g/mol. The van der Waals surface area contributed by atoms with E-state index in [1.165, 1.54) is 18.9 Å². The summed E-state index contributed by atoms with van der Waals surface area (Å²) >= 11 is 0. The largest absolute Gasteiger partial charge is 0.482 e. The number of aromatic nitrogens is 2. The van der Waals surface area contributed by atoms with E-state index in [1.807, 2.05) is 13.0 Å². The molecular weight excluding hydrogens is 591 g/mol. The van der Waals surface area contributed by atoms with Crippen LogP contribution in [0, 0.1) is 12.7 Å². The first kappa shape index (κ1) is 31.9. The Hall–Kier alpha value is -4.03. The minimum absolute atomic E-state index is 0.0409. The Kier molecular flexibility index (Phi) is 9.83. The first-order valence-electron chi connectivity index (χ1n) is 16.3. The molecule has 3 aliphatic heterocycles. The van der Waals surface area contributed by atoms with E-state index in [-0.39, 0.29) is 36.5 Å². The summed E-state index contributed by atoms with van der Waals surface area (Å²) < 4.78 is 25.8. The Morgan fingerprint density at radius 1 is 1.13 bits per heavy atom. The molecule has 0 bridgehead atoms. The number of aliphatic hydroxyl groups excluding tert-OH is 1. The van der Waals surface area contributed by atoms with Gasteiger partial charge in [0, 0.05) is 64.7 Å². The number of nitrogens with one attached hydrogen (secondary N) is 1. The van der Waals surface area contributed by atoms with Gasteiger partial charge in [-0.2, -0.15) is 0 Å². The summed E-state index contributed by atoms with van der Waals surface area (Å²) in [6.07, 6.45) is 5.26. The van der Waals surface area contributed by atoms with Gasteiger partial charge >= 0.3 is 0 Å². The topological polar surface area (TPSA) is 124 Å². The van der Waals surface area contributed by atoms with Gasteiger partial charge in [-0.15, -0.1) is 0 Å². The highest BCUT2D eigenvalue weighted by atomic mass is 19.1. The Bertz CT molecular complexity index is 1550. The van der Waals surface area contributed by atoms with Crippen LogP contribution in [0.25, 0.3) is 0 Å². The Morgan fingerprint density at radius 2 is 1.93 bits per heavy atom. The zero-order chi connectivity index (χ0) is 32.2. The van der Waals surface area contributed by atoms with Crippen molar-refractivity contribution in [2.24, 2.45) is 0 Å². The van der Waals surface area contributed by atoms with E-state index in [0.717, 1.165) is 42.9 Å². The number of fused-ring (bicyclic) bond motifs is 1. The maximum Gasteiger partial charge on any atom is 0.219 e. The Morgan fingerprint density at radius 3 is 2.67 bits per heavy atom.